The van der Waals surface area contributed by atoms with Gasteiger partial charge in [0.15, 0.2) is 0 Å². The zero-order valence-corrected chi connectivity index (χ0v) is 9.77. The Morgan fingerprint density at radius 3 is 2.65 bits per heavy atom. The first-order chi connectivity index (χ1) is 8.10. The van der Waals surface area contributed by atoms with Crippen molar-refractivity contribution in [3.05, 3.63) is 35.4 Å². The second-order valence-electron chi connectivity index (χ2n) is 3.44. The average molecular weight is 231 g/mol. The van der Waals surface area contributed by atoms with Gasteiger partial charge in [0.05, 0.1) is 19.2 Å². The van der Waals surface area contributed by atoms with E-state index in [1.807, 2.05) is 0 Å². The summed E-state index contributed by atoms with van der Waals surface area (Å²) in [7, 11) is 2.90. The highest BCUT2D eigenvalue weighted by Gasteiger charge is 2.13. The number of rotatable bonds is 3. The van der Waals surface area contributed by atoms with Crippen LogP contribution in [0.3, 0.4) is 0 Å². The van der Waals surface area contributed by atoms with Crippen LogP contribution in [0.15, 0.2) is 24.3 Å². The molecule has 0 unspecified atom stereocenters. The second kappa shape index (κ2) is 5.71. The predicted octanol–water partition coefficient (Wildman–Crippen LogP) is 1.18. The summed E-state index contributed by atoms with van der Waals surface area (Å²) < 4.78 is 4.58. The molecule has 0 fully saturated rings. The van der Waals surface area contributed by atoms with E-state index in [2.05, 4.69) is 10.7 Å². The molecule has 0 saturated heterocycles. The quantitative estimate of drug-likeness (QED) is 0.579. The Morgan fingerprint density at radius 2 is 2.06 bits per heavy atom. The van der Waals surface area contributed by atoms with E-state index in [-0.39, 0.29) is 12.5 Å². The normalized spacial score (nSPS) is 9.24. The van der Waals surface area contributed by atoms with Gasteiger partial charge in [-0.25, -0.2) is 4.79 Å². The molecular weight excluding hydrogens is 218 g/mol. The SMILES string of the molecule is C#CCN(C)C(=O)c1cccc(C(=O)OC)c1. The van der Waals surface area contributed by atoms with Crippen molar-refractivity contribution in [2.75, 3.05) is 20.7 Å². The van der Waals surface area contributed by atoms with Crippen LogP contribution in [0.5, 0.6) is 0 Å². The number of amides is 1. The fourth-order valence-electron chi connectivity index (χ4n) is 1.33. The van der Waals surface area contributed by atoms with Gasteiger partial charge in [-0.1, -0.05) is 12.0 Å². The van der Waals surface area contributed by atoms with Crippen molar-refractivity contribution in [3.8, 4) is 12.3 Å². The smallest absolute Gasteiger partial charge is 0.337 e. The van der Waals surface area contributed by atoms with Crippen molar-refractivity contribution >= 4 is 11.9 Å². The molecule has 0 aliphatic heterocycles. The molecule has 4 nitrogen and oxygen atoms in total. The lowest BCUT2D eigenvalue weighted by molar-refractivity contribution is 0.0600. The lowest BCUT2D eigenvalue weighted by atomic mass is 10.1. The topological polar surface area (TPSA) is 46.6 Å². The zero-order valence-electron chi connectivity index (χ0n) is 9.77. The summed E-state index contributed by atoms with van der Waals surface area (Å²) >= 11 is 0. The van der Waals surface area contributed by atoms with Crippen LogP contribution >= 0.6 is 0 Å². The minimum Gasteiger partial charge on any atom is -0.465 e. The van der Waals surface area contributed by atoms with E-state index in [0.717, 1.165) is 0 Å². The van der Waals surface area contributed by atoms with Crippen molar-refractivity contribution in [1.29, 1.82) is 0 Å². The Bertz CT molecular complexity index is 474. The molecule has 0 aliphatic rings. The lowest BCUT2D eigenvalue weighted by Gasteiger charge is -2.14. The summed E-state index contributed by atoms with van der Waals surface area (Å²) in [6.45, 7) is 0.223. The molecule has 0 saturated carbocycles. The number of hydrogen-bond acceptors (Lipinski definition) is 3. The monoisotopic (exact) mass is 231 g/mol. The van der Waals surface area contributed by atoms with Crippen LogP contribution in [0.2, 0.25) is 0 Å². The van der Waals surface area contributed by atoms with Gasteiger partial charge >= 0.3 is 5.97 Å². The predicted molar refractivity (Wildman–Crippen MR) is 63.6 cm³/mol. The Balaban J connectivity index is 2.96. The molecule has 1 aromatic rings. The fourth-order valence-corrected chi connectivity index (χ4v) is 1.33. The number of esters is 1. The molecule has 17 heavy (non-hydrogen) atoms. The molecule has 0 atom stereocenters. The molecule has 4 heteroatoms. The van der Waals surface area contributed by atoms with Crippen molar-refractivity contribution in [1.82, 2.24) is 4.90 Å². The molecule has 1 amide bonds. The summed E-state index contributed by atoms with van der Waals surface area (Å²) in [5.41, 5.74) is 0.748. The van der Waals surface area contributed by atoms with E-state index in [9.17, 15) is 9.59 Å². The molecule has 0 N–H and O–H groups in total. The second-order valence-corrected chi connectivity index (χ2v) is 3.44. The third-order valence-corrected chi connectivity index (χ3v) is 2.21. The third-order valence-electron chi connectivity index (χ3n) is 2.21. The minimum absolute atomic E-state index is 0.223. The summed E-state index contributed by atoms with van der Waals surface area (Å²) in [4.78, 5) is 24.6. The number of methoxy groups -OCH3 is 1. The number of carbonyl (C=O) groups excluding carboxylic acids is 2. The zero-order chi connectivity index (χ0) is 12.8. The largest absolute Gasteiger partial charge is 0.465 e. The number of benzene rings is 1. The van der Waals surface area contributed by atoms with Gasteiger partial charge in [-0.2, -0.15) is 0 Å². The van der Waals surface area contributed by atoms with Crippen LogP contribution in [0.25, 0.3) is 0 Å². The van der Waals surface area contributed by atoms with Gasteiger partial charge in [0.2, 0.25) is 0 Å². The summed E-state index contributed by atoms with van der Waals surface area (Å²) in [6.07, 6.45) is 5.13. The van der Waals surface area contributed by atoms with E-state index < -0.39 is 5.97 Å². The van der Waals surface area contributed by atoms with E-state index in [4.69, 9.17) is 6.42 Å². The van der Waals surface area contributed by atoms with Crippen molar-refractivity contribution < 1.29 is 14.3 Å². The maximum Gasteiger partial charge on any atom is 0.337 e. The van der Waals surface area contributed by atoms with Crippen LogP contribution in [-0.2, 0) is 4.74 Å². The summed E-state index contributed by atoms with van der Waals surface area (Å²) in [5, 5.41) is 0. The Kier molecular flexibility index (Phi) is 4.29. The van der Waals surface area contributed by atoms with E-state index in [1.54, 1.807) is 25.2 Å². The molecule has 0 radical (unpaired) electrons. The Morgan fingerprint density at radius 1 is 1.41 bits per heavy atom. The maximum absolute atomic E-state index is 11.9. The molecule has 1 aromatic carbocycles. The molecule has 0 aromatic heterocycles. The van der Waals surface area contributed by atoms with E-state index in [1.165, 1.54) is 18.1 Å². The van der Waals surface area contributed by atoms with Gasteiger partial charge in [0, 0.05) is 12.6 Å². The molecule has 0 spiro atoms. The number of nitrogens with zero attached hydrogens (tertiary/aromatic N) is 1. The average Bonchev–Trinajstić information content (AvgIpc) is 2.37. The highest BCUT2D eigenvalue weighted by atomic mass is 16.5. The first-order valence-corrected chi connectivity index (χ1v) is 4.97. The van der Waals surface area contributed by atoms with Gasteiger partial charge in [0.1, 0.15) is 0 Å². The van der Waals surface area contributed by atoms with Crippen LogP contribution in [0.4, 0.5) is 0 Å². The third kappa shape index (κ3) is 3.08. The van der Waals surface area contributed by atoms with Crippen LogP contribution in [0, 0.1) is 12.3 Å². The minimum atomic E-state index is -0.473. The molecule has 0 heterocycles. The Labute approximate surface area is 100 Å². The van der Waals surface area contributed by atoms with Crippen molar-refractivity contribution in [3.63, 3.8) is 0 Å². The number of terminal acetylenes is 1. The lowest BCUT2D eigenvalue weighted by Crippen LogP contribution is -2.27. The maximum atomic E-state index is 11.9. The van der Waals surface area contributed by atoms with E-state index >= 15 is 0 Å². The molecular formula is C13H13NO3. The fraction of sp³-hybridized carbons (Fsp3) is 0.231. The number of hydrogen-bond donors (Lipinski definition) is 0. The standard InChI is InChI=1S/C13H13NO3/c1-4-8-14(2)12(15)10-6-5-7-11(9-10)13(16)17-3/h1,5-7,9H,8H2,2-3H3. The first-order valence-electron chi connectivity index (χ1n) is 4.97. The number of carbonyl (C=O) groups is 2. The number of ether oxygens (including phenoxy) is 1. The van der Waals surface area contributed by atoms with Crippen LogP contribution < -0.4 is 0 Å². The van der Waals surface area contributed by atoms with Gasteiger partial charge < -0.3 is 9.64 Å². The Hall–Kier alpha value is -2.28. The molecule has 88 valence electrons. The van der Waals surface area contributed by atoms with Crippen molar-refractivity contribution in [2.45, 2.75) is 0 Å². The summed E-state index contributed by atoms with van der Waals surface area (Å²) in [5.74, 6) is 1.68. The highest BCUT2D eigenvalue weighted by molar-refractivity contribution is 5.97. The molecule has 1 rings (SSSR count). The van der Waals surface area contributed by atoms with Gasteiger partial charge in [-0.05, 0) is 18.2 Å². The summed E-state index contributed by atoms with van der Waals surface area (Å²) in [6, 6.07) is 6.33. The van der Waals surface area contributed by atoms with Crippen molar-refractivity contribution in [2.24, 2.45) is 0 Å². The molecule has 0 bridgehead atoms. The van der Waals surface area contributed by atoms with Gasteiger partial charge in [-0.3, -0.25) is 4.79 Å². The van der Waals surface area contributed by atoms with Gasteiger partial charge in [0.25, 0.3) is 5.91 Å². The first kappa shape index (κ1) is 12.8. The van der Waals surface area contributed by atoms with Gasteiger partial charge in [-0.15, -0.1) is 6.42 Å². The highest BCUT2D eigenvalue weighted by Crippen LogP contribution is 2.08. The molecule has 0 aliphatic carbocycles. The van der Waals surface area contributed by atoms with Crippen LogP contribution in [0.1, 0.15) is 20.7 Å². The van der Waals surface area contributed by atoms with Crippen LogP contribution in [-0.4, -0.2) is 37.5 Å². The van der Waals surface area contributed by atoms with E-state index in [0.29, 0.717) is 11.1 Å².